The Labute approximate surface area is 345 Å². The molecule has 7 aromatic carbocycles. The maximum atomic E-state index is 5.13. The molecule has 0 aliphatic carbocycles. The quantitative estimate of drug-likeness (QED) is 0.161. The first-order chi connectivity index (χ1) is 29.2. The Hall–Kier alpha value is -7.67. The average molecular weight is 772 g/mol. The van der Waals surface area contributed by atoms with E-state index in [1.165, 1.54) is 25.7 Å². The fourth-order valence-electron chi connectivity index (χ4n) is 7.81. The Morgan fingerprint density at radius 1 is 0.322 bits per heavy atom. The molecule has 4 heterocycles. The van der Waals surface area contributed by atoms with Crippen LogP contribution in [-0.2, 0) is 0 Å². The smallest absolute Gasteiger partial charge is 0.164 e. The summed E-state index contributed by atoms with van der Waals surface area (Å²) in [6.07, 6.45) is 3.72. The molecule has 0 bridgehead atoms. The molecule has 0 aliphatic heterocycles. The second-order valence-electron chi connectivity index (χ2n) is 14.5. The number of hydrogen-bond donors (Lipinski definition) is 0. The lowest BCUT2D eigenvalue weighted by Gasteiger charge is -2.10. The molecule has 5 nitrogen and oxygen atoms in total. The molecule has 0 unspecified atom stereocenters. The van der Waals surface area contributed by atoms with Gasteiger partial charge in [0.15, 0.2) is 17.5 Å². The topological polar surface area (TPSA) is 64.5 Å². The number of benzene rings is 7. The van der Waals surface area contributed by atoms with Crippen molar-refractivity contribution in [3.8, 4) is 78.8 Å². The molecule has 59 heavy (non-hydrogen) atoms. The molecular weight excluding hydrogens is 739 g/mol. The highest BCUT2D eigenvalue weighted by molar-refractivity contribution is 7.26. The van der Waals surface area contributed by atoms with Crippen molar-refractivity contribution in [2.45, 2.75) is 0 Å². The second kappa shape index (κ2) is 14.7. The van der Waals surface area contributed by atoms with Crippen molar-refractivity contribution in [3.63, 3.8) is 0 Å². The maximum Gasteiger partial charge on any atom is 0.164 e. The number of pyridine rings is 2. The first-order valence-electron chi connectivity index (χ1n) is 19.6. The van der Waals surface area contributed by atoms with E-state index in [0.717, 1.165) is 66.7 Å². The van der Waals surface area contributed by atoms with Crippen LogP contribution in [0.2, 0.25) is 0 Å². The van der Waals surface area contributed by atoms with Crippen LogP contribution in [-0.4, -0.2) is 24.9 Å². The van der Waals surface area contributed by atoms with Gasteiger partial charge >= 0.3 is 0 Å². The summed E-state index contributed by atoms with van der Waals surface area (Å²) in [5.41, 5.74) is 12.7. The van der Waals surface area contributed by atoms with Crippen molar-refractivity contribution in [1.82, 2.24) is 24.9 Å². The molecule has 11 rings (SSSR count). The van der Waals surface area contributed by atoms with E-state index in [-0.39, 0.29) is 0 Å². The van der Waals surface area contributed by atoms with Gasteiger partial charge in [-0.05, 0) is 45.5 Å². The van der Waals surface area contributed by atoms with E-state index in [1.54, 1.807) is 11.3 Å². The first kappa shape index (κ1) is 34.6. The predicted octanol–water partition coefficient (Wildman–Crippen LogP) is 13.9. The average Bonchev–Trinajstić information content (AvgIpc) is 3.72. The van der Waals surface area contributed by atoms with E-state index in [1.807, 2.05) is 48.8 Å². The summed E-state index contributed by atoms with van der Waals surface area (Å²) in [5, 5.41) is 3.65. The fraction of sp³-hybridized carbons (Fsp3) is 0. The Morgan fingerprint density at radius 3 is 1.25 bits per heavy atom. The van der Waals surface area contributed by atoms with Crippen molar-refractivity contribution in [1.29, 1.82) is 0 Å². The van der Waals surface area contributed by atoms with Crippen LogP contribution in [0.15, 0.2) is 200 Å². The van der Waals surface area contributed by atoms with Crippen LogP contribution in [0.1, 0.15) is 0 Å². The monoisotopic (exact) mass is 771 g/mol. The van der Waals surface area contributed by atoms with Gasteiger partial charge in [0.25, 0.3) is 0 Å². The highest BCUT2D eigenvalue weighted by Crippen LogP contribution is 2.43. The zero-order chi connectivity index (χ0) is 39.1. The molecule has 0 saturated heterocycles. The molecule has 11 aromatic rings. The lowest BCUT2D eigenvalue weighted by molar-refractivity contribution is 1.07. The zero-order valence-electron chi connectivity index (χ0n) is 31.7. The number of nitrogens with zero attached hydrogens (tertiary/aromatic N) is 5. The molecule has 276 valence electrons. The van der Waals surface area contributed by atoms with Gasteiger partial charge in [-0.2, -0.15) is 0 Å². The van der Waals surface area contributed by atoms with Crippen LogP contribution < -0.4 is 0 Å². The number of fused-ring (bicyclic) bond motifs is 5. The van der Waals surface area contributed by atoms with E-state index in [0.29, 0.717) is 17.5 Å². The Morgan fingerprint density at radius 2 is 0.729 bits per heavy atom. The zero-order valence-corrected chi connectivity index (χ0v) is 32.5. The summed E-state index contributed by atoms with van der Waals surface area (Å²) in [4.78, 5) is 24.4. The van der Waals surface area contributed by atoms with E-state index < -0.39 is 0 Å². The van der Waals surface area contributed by atoms with Crippen molar-refractivity contribution < 1.29 is 0 Å². The normalized spacial score (nSPS) is 11.4. The highest BCUT2D eigenvalue weighted by atomic mass is 32.1. The van der Waals surface area contributed by atoms with Crippen LogP contribution in [0.25, 0.3) is 110 Å². The summed E-state index contributed by atoms with van der Waals surface area (Å²) in [6, 6.07) is 65.5. The SMILES string of the molecule is c1ccc(-c2ccc(-c3nc(-c4ccccc4)nc(-c4ccc(-c5ccc(-c6ccc(-c7nc8cnccc8c8c7sc7ccccc78)cc6)cc5)cc4)n3)cc2)cc1. The number of hydrogen-bond acceptors (Lipinski definition) is 6. The fourth-order valence-corrected chi connectivity index (χ4v) is 9.04. The Bertz CT molecular complexity index is 3270. The minimum Gasteiger partial charge on any atom is -0.262 e. The van der Waals surface area contributed by atoms with Crippen LogP contribution in [0, 0.1) is 0 Å². The van der Waals surface area contributed by atoms with E-state index in [2.05, 4.69) is 157 Å². The van der Waals surface area contributed by atoms with Crippen LogP contribution in [0.3, 0.4) is 0 Å². The van der Waals surface area contributed by atoms with Crippen LogP contribution in [0.5, 0.6) is 0 Å². The largest absolute Gasteiger partial charge is 0.262 e. The van der Waals surface area contributed by atoms with Crippen molar-refractivity contribution in [2.75, 3.05) is 0 Å². The molecular formula is C53H33N5S. The van der Waals surface area contributed by atoms with Crippen LogP contribution >= 0.6 is 11.3 Å². The Balaban J connectivity index is 0.869. The molecule has 0 N–H and O–H groups in total. The van der Waals surface area contributed by atoms with E-state index in [4.69, 9.17) is 19.9 Å². The first-order valence-corrected chi connectivity index (χ1v) is 20.4. The van der Waals surface area contributed by atoms with Gasteiger partial charge in [0.2, 0.25) is 0 Å². The van der Waals surface area contributed by atoms with Gasteiger partial charge in [-0.3, -0.25) is 4.98 Å². The van der Waals surface area contributed by atoms with Gasteiger partial charge in [0.05, 0.1) is 22.1 Å². The minimum absolute atomic E-state index is 0.634. The lowest BCUT2D eigenvalue weighted by Crippen LogP contribution is -2.00. The van der Waals surface area contributed by atoms with Gasteiger partial charge in [-0.1, -0.05) is 176 Å². The molecule has 0 aliphatic rings. The van der Waals surface area contributed by atoms with Gasteiger partial charge in [0.1, 0.15) is 0 Å². The van der Waals surface area contributed by atoms with Crippen LogP contribution in [0.4, 0.5) is 0 Å². The third kappa shape index (κ3) is 6.52. The number of rotatable bonds is 7. The summed E-state index contributed by atoms with van der Waals surface area (Å²) >= 11 is 1.80. The van der Waals surface area contributed by atoms with Gasteiger partial charge < -0.3 is 0 Å². The predicted molar refractivity (Wildman–Crippen MR) is 244 cm³/mol. The molecule has 6 heteroatoms. The molecule has 0 amide bonds. The number of aromatic nitrogens is 5. The number of thiophene rings is 1. The van der Waals surface area contributed by atoms with Gasteiger partial charge in [-0.15, -0.1) is 11.3 Å². The molecule has 4 aromatic heterocycles. The van der Waals surface area contributed by atoms with Gasteiger partial charge in [0, 0.05) is 49.3 Å². The molecule has 0 saturated carbocycles. The maximum absolute atomic E-state index is 5.13. The summed E-state index contributed by atoms with van der Waals surface area (Å²) in [7, 11) is 0. The molecule has 0 spiro atoms. The summed E-state index contributed by atoms with van der Waals surface area (Å²) in [6.45, 7) is 0. The third-order valence-corrected chi connectivity index (χ3v) is 12.1. The van der Waals surface area contributed by atoms with Crippen molar-refractivity contribution in [3.05, 3.63) is 200 Å². The van der Waals surface area contributed by atoms with E-state index >= 15 is 0 Å². The Kier molecular flexibility index (Phi) is 8.60. The highest BCUT2D eigenvalue weighted by Gasteiger charge is 2.17. The van der Waals surface area contributed by atoms with Gasteiger partial charge in [-0.25, -0.2) is 19.9 Å². The minimum atomic E-state index is 0.634. The third-order valence-electron chi connectivity index (χ3n) is 10.9. The standard InChI is InChI=1S/C53H33N5S/c1-3-9-34(10-4-1)35-21-27-42(28-22-35)52-56-51(41-11-5-2-6-12-41)57-53(58-52)43-29-23-39(24-30-43)37-17-15-36(16-18-37)38-19-25-40(26-20-38)49-50-48(44-31-32-54-33-46(44)55-49)45-13-7-8-14-47(45)59-50/h1-33H. The molecule has 0 radical (unpaired) electrons. The summed E-state index contributed by atoms with van der Waals surface area (Å²) in [5.74, 6) is 1.92. The summed E-state index contributed by atoms with van der Waals surface area (Å²) < 4.78 is 2.47. The van der Waals surface area contributed by atoms with Crippen molar-refractivity contribution in [2.24, 2.45) is 0 Å². The molecule has 0 fully saturated rings. The lowest BCUT2D eigenvalue weighted by atomic mass is 9.98. The van der Waals surface area contributed by atoms with Crippen molar-refractivity contribution >= 4 is 42.4 Å². The molecule has 0 atom stereocenters. The second-order valence-corrected chi connectivity index (χ2v) is 15.6. The van der Waals surface area contributed by atoms with E-state index in [9.17, 15) is 0 Å².